The van der Waals surface area contributed by atoms with Gasteiger partial charge in [0.05, 0.1) is 20.4 Å². The van der Waals surface area contributed by atoms with Crippen LogP contribution in [0.3, 0.4) is 0 Å². The van der Waals surface area contributed by atoms with Crippen molar-refractivity contribution in [3.63, 3.8) is 0 Å². The fourth-order valence-corrected chi connectivity index (χ4v) is 1.88. The summed E-state index contributed by atoms with van der Waals surface area (Å²) in [6.45, 7) is 2.02. The van der Waals surface area contributed by atoms with Gasteiger partial charge in [-0.15, -0.1) is 0 Å². The standard InChI is InChI=1S/C14H16ClN3O2/c1-9(10-4-6-11(19-2)7-5-10)17-13-12(15)8-16-14(18-13)20-3/h4-9H,1-3H3,(H,16,17,18). The number of anilines is 1. The third kappa shape index (κ3) is 3.30. The predicted molar refractivity (Wildman–Crippen MR) is 78.6 cm³/mol. The van der Waals surface area contributed by atoms with Crippen molar-refractivity contribution in [2.24, 2.45) is 0 Å². The molecule has 0 saturated carbocycles. The van der Waals surface area contributed by atoms with Gasteiger partial charge in [0, 0.05) is 6.04 Å². The molecule has 1 heterocycles. The van der Waals surface area contributed by atoms with Crippen molar-refractivity contribution >= 4 is 17.4 Å². The van der Waals surface area contributed by atoms with E-state index in [1.165, 1.54) is 13.3 Å². The molecule has 0 radical (unpaired) electrons. The second-order valence-electron chi connectivity index (χ2n) is 4.19. The lowest BCUT2D eigenvalue weighted by Gasteiger charge is -2.16. The Labute approximate surface area is 122 Å². The summed E-state index contributed by atoms with van der Waals surface area (Å²) in [5, 5.41) is 3.68. The third-order valence-electron chi connectivity index (χ3n) is 2.87. The molecule has 0 aliphatic carbocycles. The molecule has 0 aliphatic rings. The Hall–Kier alpha value is -2.01. The Morgan fingerprint density at radius 3 is 2.45 bits per heavy atom. The van der Waals surface area contributed by atoms with Gasteiger partial charge in [0.2, 0.25) is 0 Å². The zero-order valence-electron chi connectivity index (χ0n) is 11.6. The summed E-state index contributed by atoms with van der Waals surface area (Å²) in [4.78, 5) is 8.13. The van der Waals surface area contributed by atoms with Crippen molar-refractivity contribution in [2.45, 2.75) is 13.0 Å². The summed E-state index contributed by atoms with van der Waals surface area (Å²) >= 11 is 6.07. The highest BCUT2D eigenvalue weighted by Crippen LogP contribution is 2.26. The highest BCUT2D eigenvalue weighted by molar-refractivity contribution is 6.32. The van der Waals surface area contributed by atoms with E-state index in [0.29, 0.717) is 10.8 Å². The van der Waals surface area contributed by atoms with Crippen LogP contribution in [0.4, 0.5) is 5.82 Å². The van der Waals surface area contributed by atoms with Gasteiger partial charge in [-0.1, -0.05) is 23.7 Å². The molecule has 0 saturated heterocycles. The number of hydrogen-bond acceptors (Lipinski definition) is 5. The van der Waals surface area contributed by atoms with Gasteiger partial charge >= 0.3 is 6.01 Å². The minimum absolute atomic E-state index is 0.0398. The van der Waals surface area contributed by atoms with Gasteiger partial charge < -0.3 is 14.8 Å². The average Bonchev–Trinajstić information content (AvgIpc) is 2.49. The molecule has 1 aromatic heterocycles. The molecule has 6 heteroatoms. The molecule has 106 valence electrons. The molecule has 0 bridgehead atoms. The van der Waals surface area contributed by atoms with Crippen LogP contribution in [-0.2, 0) is 0 Å². The Balaban J connectivity index is 2.15. The minimum Gasteiger partial charge on any atom is -0.497 e. The van der Waals surface area contributed by atoms with Crippen LogP contribution in [0.15, 0.2) is 30.5 Å². The van der Waals surface area contributed by atoms with Gasteiger partial charge in [-0.25, -0.2) is 4.98 Å². The molecule has 1 unspecified atom stereocenters. The maximum atomic E-state index is 6.07. The Morgan fingerprint density at radius 2 is 1.85 bits per heavy atom. The first-order valence-electron chi connectivity index (χ1n) is 6.11. The number of benzene rings is 1. The smallest absolute Gasteiger partial charge is 0.318 e. The number of methoxy groups -OCH3 is 2. The van der Waals surface area contributed by atoms with E-state index in [9.17, 15) is 0 Å². The molecule has 0 fully saturated rings. The Kier molecular flexibility index (Phi) is 4.63. The Morgan fingerprint density at radius 1 is 1.15 bits per heavy atom. The highest BCUT2D eigenvalue weighted by Gasteiger charge is 2.11. The van der Waals surface area contributed by atoms with Crippen LogP contribution >= 0.6 is 11.6 Å². The average molecular weight is 294 g/mol. The molecule has 1 N–H and O–H groups in total. The number of nitrogens with zero attached hydrogens (tertiary/aromatic N) is 2. The van der Waals surface area contributed by atoms with Crippen molar-refractivity contribution < 1.29 is 9.47 Å². The van der Waals surface area contributed by atoms with Gasteiger partial charge in [-0.3, -0.25) is 0 Å². The van der Waals surface area contributed by atoms with Gasteiger partial charge in [0.15, 0.2) is 5.82 Å². The number of ether oxygens (including phenoxy) is 2. The highest BCUT2D eigenvalue weighted by atomic mass is 35.5. The summed E-state index contributed by atoms with van der Waals surface area (Å²) in [5.41, 5.74) is 1.10. The minimum atomic E-state index is 0.0398. The first-order valence-corrected chi connectivity index (χ1v) is 6.49. The monoisotopic (exact) mass is 293 g/mol. The SMILES string of the molecule is COc1ccc(C(C)Nc2nc(OC)ncc2Cl)cc1. The van der Waals surface area contributed by atoms with E-state index in [4.69, 9.17) is 21.1 Å². The van der Waals surface area contributed by atoms with Crippen LogP contribution in [0.1, 0.15) is 18.5 Å². The quantitative estimate of drug-likeness (QED) is 0.916. The maximum Gasteiger partial charge on any atom is 0.318 e. The van der Waals surface area contributed by atoms with Crippen LogP contribution in [0.2, 0.25) is 5.02 Å². The molecule has 1 aromatic carbocycles. The lowest BCUT2D eigenvalue weighted by molar-refractivity contribution is 0.380. The number of rotatable bonds is 5. The van der Waals surface area contributed by atoms with Crippen molar-refractivity contribution in [2.75, 3.05) is 19.5 Å². The second kappa shape index (κ2) is 6.43. The van der Waals surface area contributed by atoms with Crippen LogP contribution in [0.5, 0.6) is 11.8 Å². The number of aromatic nitrogens is 2. The molecule has 20 heavy (non-hydrogen) atoms. The van der Waals surface area contributed by atoms with E-state index in [1.807, 2.05) is 31.2 Å². The lowest BCUT2D eigenvalue weighted by atomic mass is 10.1. The number of halogens is 1. The summed E-state index contributed by atoms with van der Waals surface area (Å²) < 4.78 is 10.1. The second-order valence-corrected chi connectivity index (χ2v) is 4.60. The summed E-state index contributed by atoms with van der Waals surface area (Å²) in [7, 11) is 3.16. The van der Waals surface area contributed by atoms with E-state index < -0.39 is 0 Å². The first-order chi connectivity index (χ1) is 9.63. The van der Waals surface area contributed by atoms with E-state index in [-0.39, 0.29) is 12.1 Å². The molecule has 0 amide bonds. The van der Waals surface area contributed by atoms with Crippen LogP contribution in [0, 0.1) is 0 Å². The van der Waals surface area contributed by atoms with Crippen LogP contribution < -0.4 is 14.8 Å². The van der Waals surface area contributed by atoms with Crippen molar-refractivity contribution in [1.29, 1.82) is 0 Å². The largest absolute Gasteiger partial charge is 0.497 e. The lowest BCUT2D eigenvalue weighted by Crippen LogP contribution is -2.09. The molecule has 2 aromatic rings. The maximum absolute atomic E-state index is 6.07. The van der Waals surface area contributed by atoms with Crippen molar-refractivity contribution in [1.82, 2.24) is 9.97 Å². The summed E-state index contributed by atoms with van der Waals surface area (Å²) in [6, 6.07) is 8.12. The topological polar surface area (TPSA) is 56.3 Å². The molecule has 0 spiro atoms. The molecule has 2 rings (SSSR count). The summed E-state index contributed by atoms with van der Waals surface area (Å²) in [6.07, 6.45) is 1.51. The third-order valence-corrected chi connectivity index (χ3v) is 3.15. The van der Waals surface area contributed by atoms with Gasteiger partial charge in [0.25, 0.3) is 0 Å². The Bertz CT molecular complexity index is 575. The normalized spacial score (nSPS) is 11.8. The van der Waals surface area contributed by atoms with Crippen LogP contribution in [0.25, 0.3) is 0 Å². The van der Waals surface area contributed by atoms with Gasteiger partial charge in [-0.2, -0.15) is 4.98 Å². The fraction of sp³-hybridized carbons (Fsp3) is 0.286. The van der Waals surface area contributed by atoms with E-state index >= 15 is 0 Å². The fourth-order valence-electron chi connectivity index (χ4n) is 1.73. The molecule has 0 aliphatic heterocycles. The van der Waals surface area contributed by atoms with Crippen molar-refractivity contribution in [3.05, 3.63) is 41.0 Å². The van der Waals surface area contributed by atoms with Crippen LogP contribution in [-0.4, -0.2) is 24.2 Å². The predicted octanol–water partition coefficient (Wildman–Crippen LogP) is 3.32. The van der Waals surface area contributed by atoms with Gasteiger partial charge in [0.1, 0.15) is 10.8 Å². The first kappa shape index (κ1) is 14.4. The van der Waals surface area contributed by atoms with E-state index in [0.717, 1.165) is 11.3 Å². The van der Waals surface area contributed by atoms with Gasteiger partial charge in [-0.05, 0) is 24.6 Å². The molecular formula is C14H16ClN3O2. The van der Waals surface area contributed by atoms with E-state index in [1.54, 1.807) is 7.11 Å². The zero-order chi connectivity index (χ0) is 14.5. The summed E-state index contributed by atoms with van der Waals surface area (Å²) in [5.74, 6) is 1.37. The number of hydrogen-bond donors (Lipinski definition) is 1. The molecule has 5 nitrogen and oxygen atoms in total. The van der Waals surface area contributed by atoms with E-state index in [2.05, 4.69) is 15.3 Å². The zero-order valence-corrected chi connectivity index (χ0v) is 12.3. The molecular weight excluding hydrogens is 278 g/mol. The van der Waals surface area contributed by atoms with Crippen molar-refractivity contribution in [3.8, 4) is 11.8 Å². The molecule has 1 atom stereocenters. The number of nitrogens with one attached hydrogen (secondary N) is 1.